The molecule has 0 spiro atoms. The fourth-order valence-corrected chi connectivity index (χ4v) is 2.09. The summed E-state index contributed by atoms with van der Waals surface area (Å²) >= 11 is 0. The van der Waals surface area contributed by atoms with Gasteiger partial charge in [-0.1, -0.05) is 0 Å². The number of carbonyl (C=O) groups excluding carboxylic acids is 1. The number of halogens is 1. The number of Topliss-reactive ketones (excluding diaryl/α,β-unsaturated/α-hetero) is 1. The van der Waals surface area contributed by atoms with Gasteiger partial charge in [0.1, 0.15) is 11.6 Å². The zero-order valence-electron chi connectivity index (χ0n) is 10.4. The van der Waals surface area contributed by atoms with Crippen molar-refractivity contribution in [1.29, 1.82) is 0 Å². The van der Waals surface area contributed by atoms with E-state index in [1.165, 1.54) is 25.3 Å². The average molecular weight is 253 g/mol. The lowest BCUT2D eigenvalue weighted by Gasteiger charge is -2.25. The van der Waals surface area contributed by atoms with Crippen molar-refractivity contribution >= 4 is 5.78 Å². The van der Waals surface area contributed by atoms with Gasteiger partial charge >= 0.3 is 0 Å². The highest BCUT2D eigenvalue weighted by atomic mass is 19.1. The molecule has 5 heteroatoms. The third-order valence-corrected chi connectivity index (χ3v) is 3.44. The molecule has 0 amide bonds. The van der Waals surface area contributed by atoms with E-state index in [-0.39, 0.29) is 18.0 Å². The Balaban J connectivity index is 2.42. The number of ether oxygens (including phenoxy) is 2. The molecule has 1 fully saturated rings. The molecule has 0 bridgehead atoms. The van der Waals surface area contributed by atoms with Gasteiger partial charge < -0.3 is 15.2 Å². The first kappa shape index (κ1) is 13.0. The van der Waals surface area contributed by atoms with E-state index in [0.29, 0.717) is 12.4 Å². The van der Waals surface area contributed by atoms with Gasteiger partial charge in [0, 0.05) is 6.04 Å². The standard InChI is InChI=1S/C13H16FNO3/c1-13(7-18-6-11(13)15)12(16)9-5-8(14)3-4-10(9)17-2/h3-5,11H,6-7,15H2,1-2H3. The minimum absolute atomic E-state index is 0.209. The molecule has 0 aliphatic carbocycles. The molecule has 1 aromatic carbocycles. The van der Waals surface area contributed by atoms with Crippen molar-refractivity contribution < 1.29 is 18.7 Å². The number of hydrogen-bond acceptors (Lipinski definition) is 4. The molecule has 2 rings (SSSR count). The van der Waals surface area contributed by atoms with Crippen LogP contribution in [0.25, 0.3) is 0 Å². The Labute approximate surface area is 105 Å². The van der Waals surface area contributed by atoms with Crippen LogP contribution in [0.4, 0.5) is 4.39 Å². The Bertz CT molecular complexity index is 477. The van der Waals surface area contributed by atoms with Gasteiger partial charge in [-0.15, -0.1) is 0 Å². The lowest BCUT2D eigenvalue weighted by Crippen LogP contribution is -2.44. The number of methoxy groups -OCH3 is 1. The summed E-state index contributed by atoms with van der Waals surface area (Å²) in [7, 11) is 1.44. The zero-order valence-corrected chi connectivity index (χ0v) is 10.4. The van der Waals surface area contributed by atoms with Crippen molar-refractivity contribution in [2.45, 2.75) is 13.0 Å². The highest BCUT2D eigenvalue weighted by Crippen LogP contribution is 2.34. The van der Waals surface area contributed by atoms with Crippen LogP contribution in [-0.2, 0) is 4.74 Å². The van der Waals surface area contributed by atoms with Gasteiger partial charge in [0.05, 0.1) is 31.3 Å². The van der Waals surface area contributed by atoms with Gasteiger partial charge in [0.25, 0.3) is 0 Å². The van der Waals surface area contributed by atoms with E-state index in [2.05, 4.69) is 0 Å². The predicted octanol–water partition coefficient (Wildman–Crippen LogP) is 1.38. The summed E-state index contributed by atoms with van der Waals surface area (Å²) in [5.74, 6) is -0.374. The minimum Gasteiger partial charge on any atom is -0.496 e. The highest BCUT2D eigenvalue weighted by molar-refractivity contribution is 6.03. The van der Waals surface area contributed by atoms with Crippen molar-refractivity contribution in [3.8, 4) is 5.75 Å². The largest absolute Gasteiger partial charge is 0.496 e. The smallest absolute Gasteiger partial charge is 0.176 e. The quantitative estimate of drug-likeness (QED) is 0.827. The van der Waals surface area contributed by atoms with Crippen molar-refractivity contribution in [1.82, 2.24) is 0 Å². The van der Waals surface area contributed by atoms with Crippen LogP contribution in [0.1, 0.15) is 17.3 Å². The van der Waals surface area contributed by atoms with Crippen LogP contribution in [-0.4, -0.2) is 32.1 Å². The van der Waals surface area contributed by atoms with Crippen LogP contribution < -0.4 is 10.5 Å². The lowest BCUT2D eigenvalue weighted by atomic mass is 9.78. The number of ketones is 1. The maximum Gasteiger partial charge on any atom is 0.176 e. The molecule has 1 aromatic rings. The molecule has 18 heavy (non-hydrogen) atoms. The molecule has 1 aliphatic rings. The number of benzene rings is 1. The predicted molar refractivity (Wildman–Crippen MR) is 64.2 cm³/mol. The molecular weight excluding hydrogens is 237 g/mol. The Hall–Kier alpha value is -1.46. The second kappa shape index (κ2) is 4.66. The van der Waals surface area contributed by atoms with E-state index in [4.69, 9.17) is 15.2 Å². The molecule has 2 N–H and O–H groups in total. The second-order valence-electron chi connectivity index (χ2n) is 4.71. The topological polar surface area (TPSA) is 61.5 Å². The fraction of sp³-hybridized carbons (Fsp3) is 0.462. The van der Waals surface area contributed by atoms with Crippen molar-refractivity contribution in [2.24, 2.45) is 11.1 Å². The van der Waals surface area contributed by atoms with E-state index in [1.54, 1.807) is 6.92 Å². The molecule has 2 atom stereocenters. The third-order valence-electron chi connectivity index (χ3n) is 3.44. The normalized spacial score (nSPS) is 27.2. The van der Waals surface area contributed by atoms with Crippen molar-refractivity contribution in [3.05, 3.63) is 29.6 Å². The van der Waals surface area contributed by atoms with Crippen molar-refractivity contribution in [3.63, 3.8) is 0 Å². The number of carbonyl (C=O) groups is 1. The Morgan fingerprint density at radius 3 is 2.89 bits per heavy atom. The van der Waals surface area contributed by atoms with Gasteiger partial charge in [-0.25, -0.2) is 4.39 Å². The number of nitrogens with two attached hydrogens (primary N) is 1. The van der Waals surface area contributed by atoms with Crippen LogP contribution in [0, 0.1) is 11.2 Å². The third kappa shape index (κ3) is 2.00. The molecule has 1 heterocycles. The van der Waals surface area contributed by atoms with E-state index in [1.807, 2.05) is 0 Å². The SMILES string of the molecule is COc1ccc(F)cc1C(=O)C1(C)COCC1N. The summed E-state index contributed by atoms with van der Waals surface area (Å²) in [5.41, 5.74) is 5.28. The molecule has 0 radical (unpaired) electrons. The molecule has 0 saturated carbocycles. The van der Waals surface area contributed by atoms with Gasteiger partial charge in [-0.05, 0) is 25.1 Å². The molecule has 1 saturated heterocycles. The Morgan fingerprint density at radius 1 is 1.61 bits per heavy atom. The van der Waals surface area contributed by atoms with Crippen LogP contribution in [0.2, 0.25) is 0 Å². The van der Waals surface area contributed by atoms with Crippen LogP contribution >= 0.6 is 0 Å². The average Bonchev–Trinajstić information content (AvgIpc) is 2.70. The first-order valence-electron chi connectivity index (χ1n) is 5.70. The summed E-state index contributed by atoms with van der Waals surface area (Å²) in [6.45, 7) is 2.31. The molecular formula is C13H16FNO3. The maximum atomic E-state index is 13.3. The lowest BCUT2D eigenvalue weighted by molar-refractivity contribution is 0.0764. The zero-order chi connectivity index (χ0) is 13.3. The monoisotopic (exact) mass is 253 g/mol. The van der Waals surface area contributed by atoms with Gasteiger partial charge in [0.15, 0.2) is 5.78 Å². The second-order valence-corrected chi connectivity index (χ2v) is 4.71. The maximum absolute atomic E-state index is 13.3. The first-order chi connectivity index (χ1) is 8.49. The summed E-state index contributed by atoms with van der Waals surface area (Å²) in [6.07, 6.45) is 0. The highest BCUT2D eigenvalue weighted by Gasteiger charge is 2.45. The summed E-state index contributed by atoms with van der Waals surface area (Å²) in [5, 5.41) is 0. The first-order valence-corrected chi connectivity index (χ1v) is 5.70. The fourth-order valence-electron chi connectivity index (χ4n) is 2.09. The number of hydrogen-bond donors (Lipinski definition) is 1. The molecule has 4 nitrogen and oxygen atoms in total. The van der Waals surface area contributed by atoms with Crippen LogP contribution in [0.3, 0.4) is 0 Å². The molecule has 98 valence electrons. The van der Waals surface area contributed by atoms with Crippen LogP contribution in [0.5, 0.6) is 5.75 Å². The van der Waals surface area contributed by atoms with Gasteiger partial charge in [0.2, 0.25) is 0 Å². The number of rotatable bonds is 3. The van der Waals surface area contributed by atoms with Gasteiger partial charge in [-0.2, -0.15) is 0 Å². The van der Waals surface area contributed by atoms with E-state index in [0.717, 1.165) is 0 Å². The van der Waals surface area contributed by atoms with E-state index >= 15 is 0 Å². The van der Waals surface area contributed by atoms with E-state index < -0.39 is 17.3 Å². The van der Waals surface area contributed by atoms with Crippen molar-refractivity contribution in [2.75, 3.05) is 20.3 Å². The molecule has 1 aliphatic heterocycles. The summed E-state index contributed by atoms with van der Waals surface area (Å²) < 4.78 is 23.6. The molecule has 2 unspecified atom stereocenters. The summed E-state index contributed by atoms with van der Waals surface area (Å²) in [6, 6.07) is 3.48. The van der Waals surface area contributed by atoms with Crippen LogP contribution in [0.15, 0.2) is 18.2 Å². The van der Waals surface area contributed by atoms with Gasteiger partial charge in [-0.3, -0.25) is 4.79 Å². The molecule has 0 aromatic heterocycles. The minimum atomic E-state index is -0.832. The van der Waals surface area contributed by atoms with E-state index in [9.17, 15) is 9.18 Å². The summed E-state index contributed by atoms with van der Waals surface area (Å²) in [4.78, 5) is 12.5. The Kier molecular flexibility index (Phi) is 3.36. The Morgan fingerprint density at radius 2 is 2.33 bits per heavy atom.